The first-order valence-electron chi connectivity index (χ1n) is 7.46. The number of hydrogen-bond acceptors (Lipinski definition) is 3. The number of halogens is 1. The molecule has 6 heteroatoms. The Balaban J connectivity index is 1.82. The van der Waals surface area contributed by atoms with Gasteiger partial charge in [-0.25, -0.2) is 9.18 Å². The van der Waals surface area contributed by atoms with Crippen molar-refractivity contribution in [1.82, 2.24) is 5.32 Å². The highest BCUT2D eigenvalue weighted by Crippen LogP contribution is 2.11. The Morgan fingerprint density at radius 2 is 1.79 bits per heavy atom. The number of carboxylic acid groups (broad SMARTS) is 1. The van der Waals surface area contributed by atoms with Crippen LogP contribution in [0.4, 0.5) is 9.18 Å². The second-order valence-corrected chi connectivity index (χ2v) is 5.31. The van der Waals surface area contributed by atoms with Gasteiger partial charge in [0.15, 0.2) is 0 Å². The summed E-state index contributed by atoms with van der Waals surface area (Å²) < 4.78 is 18.2. The Labute approximate surface area is 139 Å². The summed E-state index contributed by atoms with van der Waals surface area (Å²) in [7, 11) is 0. The number of benzene rings is 2. The van der Waals surface area contributed by atoms with Crippen molar-refractivity contribution in [3.63, 3.8) is 0 Å². The van der Waals surface area contributed by atoms with Crippen molar-refractivity contribution in [3.05, 3.63) is 71.5 Å². The summed E-state index contributed by atoms with van der Waals surface area (Å²) in [5.74, 6) is -2.36. The predicted octanol–water partition coefficient (Wildman–Crippen LogP) is 3.00. The zero-order valence-corrected chi connectivity index (χ0v) is 12.9. The Hall–Kier alpha value is -2.89. The van der Waals surface area contributed by atoms with Crippen LogP contribution < -0.4 is 5.32 Å². The lowest BCUT2D eigenvalue weighted by molar-refractivity contribution is -0.141. The van der Waals surface area contributed by atoms with Crippen LogP contribution in [-0.4, -0.2) is 23.7 Å². The van der Waals surface area contributed by atoms with Crippen molar-refractivity contribution >= 4 is 12.1 Å². The fraction of sp³-hybridized carbons (Fsp3) is 0.222. The number of alkyl carbamates (subject to hydrolysis) is 1. The highest BCUT2D eigenvalue weighted by Gasteiger charge is 2.19. The monoisotopic (exact) mass is 331 g/mol. The van der Waals surface area contributed by atoms with Crippen molar-refractivity contribution in [2.45, 2.75) is 13.0 Å². The molecule has 1 unspecified atom stereocenters. The molecule has 0 fully saturated rings. The van der Waals surface area contributed by atoms with Gasteiger partial charge in [-0.1, -0.05) is 42.5 Å². The number of carboxylic acids is 1. The number of hydrogen-bond donors (Lipinski definition) is 2. The van der Waals surface area contributed by atoms with Crippen LogP contribution in [0.3, 0.4) is 0 Å². The summed E-state index contributed by atoms with van der Waals surface area (Å²) in [6, 6.07) is 14.9. The van der Waals surface area contributed by atoms with E-state index < -0.39 is 23.8 Å². The van der Waals surface area contributed by atoms with Gasteiger partial charge in [0.25, 0.3) is 0 Å². The molecule has 0 saturated carbocycles. The third-order valence-corrected chi connectivity index (χ3v) is 3.43. The molecule has 2 aromatic carbocycles. The summed E-state index contributed by atoms with van der Waals surface area (Å²) in [4.78, 5) is 23.0. The number of nitrogens with one attached hydrogen (secondary N) is 1. The van der Waals surface area contributed by atoms with Crippen LogP contribution in [0.25, 0.3) is 0 Å². The number of rotatable bonds is 7. The fourth-order valence-corrected chi connectivity index (χ4v) is 2.18. The van der Waals surface area contributed by atoms with Crippen LogP contribution in [0.1, 0.15) is 11.1 Å². The third-order valence-electron chi connectivity index (χ3n) is 3.43. The summed E-state index contributed by atoms with van der Waals surface area (Å²) in [5.41, 5.74) is 1.39. The average Bonchev–Trinajstić information content (AvgIpc) is 2.57. The molecule has 0 aliphatic carbocycles. The first-order chi connectivity index (χ1) is 11.5. The molecule has 24 heavy (non-hydrogen) atoms. The van der Waals surface area contributed by atoms with E-state index >= 15 is 0 Å². The Morgan fingerprint density at radius 1 is 1.08 bits per heavy atom. The minimum absolute atomic E-state index is 0.0977. The van der Waals surface area contributed by atoms with Crippen LogP contribution >= 0.6 is 0 Å². The van der Waals surface area contributed by atoms with Gasteiger partial charge in [0.2, 0.25) is 0 Å². The van der Waals surface area contributed by atoms with Gasteiger partial charge in [-0.2, -0.15) is 0 Å². The lowest BCUT2D eigenvalue weighted by Gasteiger charge is -2.14. The first-order valence-corrected chi connectivity index (χ1v) is 7.46. The van der Waals surface area contributed by atoms with Crippen molar-refractivity contribution in [2.75, 3.05) is 6.54 Å². The quantitative estimate of drug-likeness (QED) is 0.818. The average molecular weight is 331 g/mol. The van der Waals surface area contributed by atoms with Gasteiger partial charge >= 0.3 is 12.1 Å². The van der Waals surface area contributed by atoms with Gasteiger partial charge in [0.05, 0.1) is 5.92 Å². The zero-order valence-electron chi connectivity index (χ0n) is 12.9. The van der Waals surface area contributed by atoms with Crippen LogP contribution in [0.5, 0.6) is 0 Å². The van der Waals surface area contributed by atoms with Gasteiger partial charge in [0, 0.05) is 6.54 Å². The molecule has 1 atom stereocenters. The largest absolute Gasteiger partial charge is 0.481 e. The van der Waals surface area contributed by atoms with E-state index in [-0.39, 0.29) is 19.6 Å². The molecule has 2 aromatic rings. The SMILES string of the molecule is O=C(NCC(Cc1cccc(F)c1)C(=O)O)OCc1ccccc1. The first kappa shape index (κ1) is 17.5. The van der Waals surface area contributed by atoms with E-state index in [1.165, 1.54) is 18.2 Å². The molecule has 0 aromatic heterocycles. The van der Waals surface area contributed by atoms with Gasteiger partial charge in [-0.3, -0.25) is 4.79 Å². The van der Waals surface area contributed by atoms with E-state index in [9.17, 15) is 19.1 Å². The molecular formula is C18H18FNO4. The number of amides is 1. The van der Waals surface area contributed by atoms with E-state index in [4.69, 9.17) is 4.74 Å². The van der Waals surface area contributed by atoms with Crippen LogP contribution in [0.15, 0.2) is 54.6 Å². The van der Waals surface area contributed by atoms with E-state index in [0.29, 0.717) is 5.56 Å². The highest BCUT2D eigenvalue weighted by molar-refractivity contribution is 5.72. The van der Waals surface area contributed by atoms with Crippen LogP contribution in [0, 0.1) is 11.7 Å². The lowest BCUT2D eigenvalue weighted by Crippen LogP contribution is -2.34. The normalized spacial score (nSPS) is 11.5. The number of carbonyl (C=O) groups is 2. The van der Waals surface area contributed by atoms with Crippen LogP contribution in [-0.2, 0) is 22.6 Å². The molecule has 5 nitrogen and oxygen atoms in total. The summed E-state index contributed by atoms with van der Waals surface area (Å²) in [6.07, 6.45) is -0.573. The number of carbonyl (C=O) groups excluding carboxylic acids is 1. The molecule has 0 aliphatic heterocycles. The standard InChI is InChI=1S/C18H18FNO4/c19-16-8-4-7-14(10-16)9-15(17(21)22)11-20-18(23)24-12-13-5-2-1-3-6-13/h1-8,10,15H,9,11-12H2,(H,20,23)(H,21,22). The Morgan fingerprint density at radius 3 is 2.46 bits per heavy atom. The molecule has 0 bridgehead atoms. The van der Waals surface area contributed by atoms with Crippen molar-refractivity contribution < 1.29 is 23.8 Å². The smallest absolute Gasteiger partial charge is 0.407 e. The summed E-state index contributed by atoms with van der Waals surface area (Å²) in [6.45, 7) is 0.00772. The maximum absolute atomic E-state index is 13.2. The van der Waals surface area contributed by atoms with E-state index in [2.05, 4.69) is 5.32 Å². The van der Waals surface area contributed by atoms with Crippen LogP contribution in [0.2, 0.25) is 0 Å². The highest BCUT2D eigenvalue weighted by atomic mass is 19.1. The van der Waals surface area contributed by atoms with Gasteiger partial charge in [-0.15, -0.1) is 0 Å². The molecule has 0 heterocycles. The van der Waals surface area contributed by atoms with Crippen molar-refractivity contribution in [2.24, 2.45) is 5.92 Å². The molecule has 0 spiro atoms. The maximum atomic E-state index is 13.2. The molecule has 0 saturated heterocycles. The summed E-state index contributed by atoms with van der Waals surface area (Å²) >= 11 is 0. The molecule has 0 radical (unpaired) electrons. The lowest BCUT2D eigenvalue weighted by atomic mass is 9.99. The van der Waals surface area contributed by atoms with Gasteiger partial charge < -0.3 is 15.2 Å². The number of ether oxygens (including phenoxy) is 1. The second kappa shape index (κ2) is 8.67. The third kappa shape index (κ3) is 5.72. The van der Waals surface area contributed by atoms with E-state index in [1.54, 1.807) is 6.07 Å². The molecule has 2 N–H and O–H groups in total. The molecule has 126 valence electrons. The minimum atomic E-state index is -1.07. The van der Waals surface area contributed by atoms with Gasteiger partial charge in [0.1, 0.15) is 12.4 Å². The minimum Gasteiger partial charge on any atom is -0.481 e. The van der Waals surface area contributed by atoms with E-state index in [1.807, 2.05) is 30.3 Å². The zero-order chi connectivity index (χ0) is 17.4. The van der Waals surface area contributed by atoms with Crippen molar-refractivity contribution in [3.8, 4) is 0 Å². The number of aliphatic carboxylic acids is 1. The maximum Gasteiger partial charge on any atom is 0.407 e. The molecule has 0 aliphatic rings. The molecular weight excluding hydrogens is 313 g/mol. The van der Waals surface area contributed by atoms with Gasteiger partial charge in [-0.05, 0) is 29.7 Å². The molecule has 1 amide bonds. The Kier molecular flexibility index (Phi) is 6.31. The van der Waals surface area contributed by atoms with Crippen molar-refractivity contribution in [1.29, 1.82) is 0 Å². The second-order valence-electron chi connectivity index (χ2n) is 5.31. The summed E-state index contributed by atoms with van der Waals surface area (Å²) in [5, 5.41) is 11.7. The Bertz CT molecular complexity index is 690. The topological polar surface area (TPSA) is 75.6 Å². The predicted molar refractivity (Wildman–Crippen MR) is 85.9 cm³/mol. The van der Waals surface area contributed by atoms with E-state index in [0.717, 1.165) is 5.56 Å². The molecule has 2 rings (SSSR count). The fourth-order valence-electron chi connectivity index (χ4n) is 2.18.